The van der Waals surface area contributed by atoms with Crippen LogP contribution in [0.1, 0.15) is 46.4 Å². The van der Waals surface area contributed by atoms with Crippen molar-refractivity contribution in [2.75, 3.05) is 46.4 Å². The Balaban J connectivity index is 1.45. The highest BCUT2D eigenvalue weighted by atomic mass is 16.5. The Morgan fingerprint density at radius 1 is 0.897 bits per heavy atom. The summed E-state index contributed by atoms with van der Waals surface area (Å²) in [5, 5.41) is 0. The molecule has 0 spiro atoms. The summed E-state index contributed by atoms with van der Waals surface area (Å²) in [4.78, 5) is 54.2. The molecule has 8 heteroatoms. The van der Waals surface area contributed by atoms with Gasteiger partial charge in [-0.3, -0.25) is 24.1 Å². The number of benzene rings is 1. The first-order valence-corrected chi connectivity index (χ1v) is 10.0. The molecule has 1 fully saturated rings. The van der Waals surface area contributed by atoms with E-state index < -0.39 is 0 Å². The molecular weight excluding hydrogens is 374 g/mol. The third-order valence-electron chi connectivity index (χ3n) is 5.37. The molecule has 0 N–H and O–H groups in total. The second-order valence-electron chi connectivity index (χ2n) is 7.27. The number of ether oxygens (including phenoxy) is 1. The number of nitrogens with zero attached hydrogens (tertiary/aromatic N) is 3. The lowest BCUT2D eigenvalue weighted by molar-refractivity contribution is -0.134. The Labute approximate surface area is 170 Å². The highest BCUT2D eigenvalue weighted by Gasteiger charge is 2.34. The maximum absolute atomic E-state index is 12.6. The molecule has 0 aliphatic carbocycles. The lowest BCUT2D eigenvalue weighted by Gasteiger charge is -2.22. The third-order valence-corrected chi connectivity index (χ3v) is 5.37. The quantitative estimate of drug-likeness (QED) is 0.640. The van der Waals surface area contributed by atoms with Gasteiger partial charge in [-0.2, -0.15) is 0 Å². The van der Waals surface area contributed by atoms with Gasteiger partial charge in [-0.15, -0.1) is 0 Å². The minimum Gasteiger partial charge on any atom is -0.384 e. The van der Waals surface area contributed by atoms with Gasteiger partial charge in [0.15, 0.2) is 0 Å². The van der Waals surface area contributed by atoms with Gasteiger partial charge in [-0.1, -0.05) is 12.1 Å². The highest BCUT2D eigenvalue weighted by molar-refractivity contribution is 6.21. The topological polar surface area (TPSA) is 87.2 Å². The largest absolute Gasteiger partial charge is 0.384 e. The maximum atomic E-state index is 12.6. The molecular formula is C21H27N3O5. The van der Waals surface area contributed by atoms with E-state index in [4.69, 9.17) is 4.74 Å². The fraction of sp³-hybridized carbons (Fsp3) is 0.524. The summed E-state index contributed by atoms with van der Waals surface area (Å²) < 4.78 is 4.95. The molecule has 156 valence electrons. The van der Waals surface area contributed by atoms with Crippen molar-refractivity contribution >= 4 is 23.6 Å². The van der Waals surface area contributed by atoms with Gasteiger partial charge in [0.2, 0.25) is 11.8 Å². The molecule has 2 aliphatic heterocycles. The summed E-state index contributed by atoms with van der Waals surface area (Å²) >= 11 is 0. The molecule has 2 aliphatic rings. The van der Waals surface area contributed by atoms with E-state index in [-0.39, 0.29) is 36.6 Å². The van der Waals surface area contributed by atoms with Crippen LogP contribution in [0.3, 0.4) is 0 Å². The molecule has 8 nitrogen and oxygen atoms in total. The number of amides is 4. The van der Waals surface area contributed by atoms with E-state index in [0.29, 0.717) is 56.8 Å². The molecule has 0 aromatic heterocycles. The molecule has 2 heterocycles. The number of carbonyl (C=O) groups is 4. The Kier molecular flexibility index (Phi) is 6.98. The molecule has 1 aromatic rings. The average molecular weight is 401 g/mol. The number of fused-ring (bicyclic) bond motifs is 1. The maximum Gasteiger partial charge on any atom is 0.261 e. The number of hydrogen-bond acceptors (Lipinski definition) is 5. The Morgan fingerprint density at radius 3 is 2.00 bits per heavy atom. The van der Waals surface area contributed by atoms with E-state index >= 15 is 0 Å². The van der Waals surface area contributed by atoms with Crippen LogP contribution in [0.15, 0.2) is 24.3 Å². The molecule has 0 bridgehead atoms. The predicted octanol–water partition coefficient (Wildman–Crippen LogP) is 1.16. The lowest BCUT2D eigenvalue weighted by Crippen LogP contribution is -2.38. The van der Waals surface area contributed by atoms with Gasteiger partial charge in [-0.25, -0.2) is 0 Å². The molecule has 0 atom stereocenters. The van der Waals surface area contributed by atoms with Crippen molar-refractivity contribution in [2.24, 2.45) is 0 Å². The van der Waals surface area contributed by atoms with Gasteiger partial charge in [0.25, 0.3) is 11.8 Å². The minimum absolute atomic E-state index is 0.00667. The summed E-state index contributed by atoms with van der Waals surface area (Å²) in [5.41, 5.74) is 0.851. The van der Waals surface area contributed by atoms with Crippen LogP contribution in [0, 0.1) is 0 Å². The van der Waals surface area contributed by atoms with E-state index in [1.54, 1.807) is 41.2 Å². The first-order chi connectivity index (χ1) is 14.0. The van der Waals surface area contributed by atoms with Crippen LogP contribution in [-0.2, 0) is 14.3 Å². The lowest BCUT2D eigenvalue weighted by atomic mass is 10.1. The normalized spacial score (nSPS) is 16.8. The summed E-state index contributed by atoms with van der Waals surface area (Å²) in [7, 11) is 1.57. The van der Waals surface area contributed by atoms with Gasteiger partial charge >= 0.3 is 0 Å². The fourth-order valence-corrected chi connectivity index (χ4v) is 3.75. The van der Waals surface area contributed by atoms with Gasteiger partial charge < -0.3 is 14.5 Å². The van der Waals surface area contributed by atoms with Crippen molar-refractivity contribution in [3.8, 4) is 0 Å². The zero-order valence-corrected chi connectivity index (χ0v) is 16.8. The van der Waals surface area contributed by atoms with E-state index in [1.807, 2.05) is 0 Å². The SMILES string of the molecule is COCCC(=O)N1CCCN(C(=O)CCCN2C(=O)c3ccccc3C2=O)CC1. The van der Waals surface area contributed by atoms with Crippen LogP contribution < -0.4 is 0 Å². The number of rotatable bonds is 7. The highest BCUT2D eigenvalue weighted by Crippen LogP contribution is 2.22. The van der Waals surface area contributed by atoms with E-state index in [9.17, 15) is 19.2 Å². The van der Waals surface area contributed by atoms with Crippen LogP contribution >= 0.6 is 0 Å². The minimum atomic E-state index is -0.293. The third kappa shape index (κ3) is 4.82. The zero-order chi connectivity index (χ0) is 20.8. The molecule has 1 saturated heterocycles. The van der Waals surface area contributed by atoms with Gasteiger partial charge in [-0.05, 0) is 25.0 Å². The second-order valence-corrected chi connectivity index (χ2v) is 7.27. The molecule has 29 heavy (non-hydrogen) atoms. The summed E-state index contributed by atoms with van der Waals surface area (Å²) in [5.74, 6) is -0.546. The molecule has 0 unspecified atom stereocenters. The summed E-state index contributed by atoms with van der Waals surface area (Å²) in [6.45, 7) is 2.90. The van der Waals surface area contributed by atoms with Crippen LogP contribution in [0.25, 0.3) is 0 Å². The van der Waals surface area contributed by atoms with Gasteiger partial charge in [0.1, 0.15) is 0 Å². The number of carbonyl (C=O) groups excluding carboxylic acids is 4. The standard InChI is InChI=1S/C21H27N3O5/c1-29-15-9-19(26)23-11-5-10-22(13-14-23)18(25)8-4-12-24-20(27)16-6-2-3-7-17(16)21(24)28/h2-3,6-7H,4-5,8-15H2,1H3. The van der Waals surface area contributed by atoms with Crippen molar-refractivity contribution < 1.29 is 23.9 Å². The first-order valence-electron chi connectivity index (χ1n) is 10.0. The predicted molar refractivity (Wildman–Crippen MR) is 105 cm³/mol. The summed E-state index contributed by atoms with van der Waals surface area (Å²) in [6, 6.07) is 6.77. The molecule has 3 rings (SSSR count). The fourth-order valence-electron chi connectivity index (χ4n) is 3.75. The van der Waals surface area contributed by atoms with Crippen molar-refractivity contribution in [1.82, 2.24) is 14.7 Å². The zero-order valence-electron chi connectivity index (χ0n) is 16.8. The molecule has 4 amide bonds. The monoisotopic (exact) mass is 401 g/mol. The smallest absolute Gasteiger partial charge is 0.261 e. The first kappa shape index (κ1) is 21.0. The number of methoxy groups -OCH3 is 1. The van der Waals surface area contributed by atoms with Crippen molar-refractivity contribution in [2.45, 2.75) is 25.7 Å². The molecule has 0 saturated carbocycles. The Morgan fingerprint density at radius 2 is 1.45 bits per heavy atom. The van der Waals surface area contributed by atoms with Crippen molar-refractivity contribution in [1.29, 1.82) is 0 Å². The molecule has 1 aromatic carbocycles. The second kappa shape index (κ2) is 9.65. The van der Waals surface area contributed by atoms with Crippen LogP contribution in [0.5, 0.6) is 0 Å². The van der Waals surface area contributed by atoms with Crippen LogP contribution in [0.4, 0.5) is 0 Å². The van der Waals surface area contributed by atoms with Crippen LogP contribution in [-0.4, -0.2) is 84.8 Å². The van der Waals surface area contributed by atoms with Gasteiger partial charge in [0, 0.05) is 46.3 Å². The number of imide groups is 1. The number of hydrogen-bond donors (Lipinski definition) is 0. The van der Waals surface area contributed by atoms with Crippen molar-refractivity contribution in [3.63, 3.8) is 0 Å². The average Bonchev–Trinajstić information content (AvgIpc) is 2.90. The van der Waals surface area contributed by atoms with Crippen LogP contribution in [0.2, 0.25) is 0 Å². The van der Waals surface area contributed by atoms with E-state index in [0.717, 1.165) is 6.42 Å². The summed E-state index contributed by atoms with van der Waals surface area (Å²) in [6.07, 6.45) is 1.79. The van der Waals surface area contributed by atoms with E-state index in [1.165, 1.54) is 4.90 Å². The Hall–Kier alpha value is -2.74. The molecule has 0 radical (unpaired) electrons. The van der Waals surface area contributed by atoms with Crippen molar-refractivity contribution in [3.05, 3.63) is 35.4 Å². The van der Waals surface area contributed by atoms with Gasteiger partial charge in [0.05, 0.1) is 24.2 Å². The Bertz CT molecular complexity index is 759. The van der Waals surface area contributed by atoms with E-state index in [2.05, 4.69) is 0 Å².